The lowest BCUT2D eigenvalue weighted by Crippen LogP contribution is -2.41. The predicted molar refractivity (Wildman–Crippen MR) is 98.6 cm³/mol. The molecule has 1 N–H and O–H groups in total. The molecule has 2 heterocycles. The van der Waals surface area contributed by atoms with Crippen LogP contribution in [-0.4, -0.2) is 33.0 Å². The summed E-state index contributed by atoms with van der Waals surface area (Å²) >= 11 is 1.62. The van der Waals surface area contributed by atoms with Gasteiger partial charge in [0.05, 0.1) is 6.04 Å². The maximum absolute atomic E-state index is 13.9. The summed E-state index contributed by atoms with van der Waals surface area (Å²) in [5.74, 6) is -0.0233. The van der Waals surface area contributed by atoms with Crippen molar-refractivity contribution in [2.75, 3.05) is 19.6 Å². The van der Waals surface area contributed by atoms with Crippen molar-refractivity contribution < 1.29 is 12.8 Å². The van der Waals surface area contributed by atoms with Gasteiger partial charge in [-0.05, 0) is 55.4 Å². The van der Waals surface area contributed by atoms with Gasteiger partial charge in [-0.2, -0.15) is 0 Å². The molecular formula is C18H23FN2O2S2. The number of benzene rings is 1. The van der Waals surface area contributed by atoms with Gasteiger partial charge in [-0.1, -0.05) is 25.1 Å². The van der Waals surface area contributed by atoms with Gasteiger partial charge in [-0.25, -0.2) is 17.5 Å². The van der Waals surface area contributed by atoms with Crippen LogP contribution in [0.15, 0.2) is 46.7 Å². The maximum Gasteiger partial charge on any atom is 0.243 e. The molecule has 7 heteroatoms. The lowest BCUT2D eigenvalue weighted by molar-refractivity contribution is 0.141. The van der Waals surface area contributed by atoms with Crippen molar-refractivity contribution in [2.45, 2.75) is 30.7 Å². The molecule has 0 amide bonds. The first-order chi connectivity index (χ1) is 12.0. The largest absolute Gasteiger partial charge is 0.294 e. The minimum absolute atomic E-state index is 0.0194. The van der Waals surface area contributed by atoms with Gasteiger partial charge in [0.2, 0.25) is 10.0 Å². The average molecular weight is 383 g/mol. The highest BCUT2D eigenvalue weighted by Crippen LogP contribution is 2.29. The summed E-state index contributed by atoms with van der Waals surface area (Å²) in [6.07, 6.45) is 2.23. The van der Waals surface area contributed by atoms with Crippen LogP contribution < -0.4 is 4.72 Å². The molecule has 1 aromatic carbocycles. The van der Waals surface area contributed by atoms with Crippen molar-refractivity contribution in [3.63, 3.8) is 0 Å². The van der Waals surface area contributed by atoms with Gasteiger partial charge < -0.3 is 0 Å². The monoisotopic (exact) mass is 382 g/mol. The second-order valence-electron chi connectivity index (χ2n) is 6.53. The normalized spacial score (nSPS) is 18.3. The molecule has 3 rings (SSSR count). The Balaban J connectivity index is 1.76. The van der Waals surface area contributed by atoms with E-state index in [0.717, 1.165) is 36.9 Å². The molecule has 1 aliphatic heterocycles. The van der Waals surface area contributed by atoms with Crippen LogP contribution in [0.5, 0.6) is 0 Å². The Labute approximate surface area is 152 Å². The lowest BCUT2D eigenvalue weighted by atomic mass is 9.97. The third-order valence-electron chi connectivity index (χ3n) is 4.72. The molecule has 2 aromatic rings. The molecule has 4 nitrogen and oxygen atoms in total. The fraction of sp³-hybridized carbons (Fsp3) is 0.444. The highest BCUT2D eigenvalue weighted by atomic mass is 32.2. The molecule has 1 saturated heterocycles. The minimum Gasteiger partial charge on any atom is -0.294 e. The smallest absolute Gasteiger partial charge is 0.243 e. The van der Waals surface area contributed by atoms with Gasteiger partial charge in [-0.15, -0.1) is 11.3 Å². The number of hydrogen-bond acceptors (Lipinski definition) is 4. The molecule has 25 heavy (non-hydrogen) atoms. The fourth-order valence-electron chi connectivity index (χ4n) is 3.16. The molecule has 1 aliphatic rings. The maximum atomic E-state index is 13.9. The third-order valence-corrected chi connectivity index (χ3v) is 7.15. The van der Waals surface area contributed by atoms with Crippen LogP contribution in [0, 0.1) is 11.7 Å². The Morgan fingerprint density at radius 2 is 1.96 bits per heavy atom. The third kappa shape index (κ3) is 4.47. The van der Waals surface area contributed by atoms with Gasteiger partial charge >= 0.3 is 0 Å². The first-order valence-electron chi connectivity index (χ1n) is 8.49. The van der Waals surface area contributed by atoms with E-state index in [0.29, 0.717) is 5.92 Å². The number of piperidine rings is 1. The van der Waals surface area contributed by atoms with Gasteiger partial charge in [0.15, 0.2) is 0 Å². The highest BCUT2D eigenvalue weighted by molar-refractivity contribution is 7.89. The summed E-state index contributed by atoms with van der Waals surface area (Å²) in [5.41, 5.74) is 0. The first kappa shape index (κ1) is 18.5. The van der Waals surface area contributed by atoms with Crippen molar-refractivity contribution in [1.82, 2.24) is 9.62 Å². The number of nitrogens with zero attached hydrogens (tertiary/aromatic N) is 1. The summed E-state index contributed by atoms with van der Waals surface area (Å²) in [6, 6.07) is 9.46. The first-order valence-corrected chi connectivity index (χ1v) is 10.9. The Kier molecular flexibility index (Phi) is 5.89. The van der Waals surface area contributed by atoms with Gasteiger partial charge in [0.25, 0.3) is 0 Å². The Hall–Kier alpha value is -1.28. The molecule has 0 aliphatic carbocycles. The van der Waals surface area contributed by atoms with E-state index in [1.165, 1.54) is 18.2 Å². The van der Waals surface area contributed by atoms with E-state index >= 15 is 0 Å². The second-order valence-corrected chi connectivity index (χ2v) is 9.25. The van der Waals surface area contributed by atoms with Gasteiger partial charge in [0, 0.05) is 11.4 Å². The number of hydrogen-bond donors (Lipinski definition) is 1. The van der Waals surface area contributed by atoms with Gasteiger partial charge in [-0.3, -0.25) is 4.90 Å². The number of halogens is 1. The van der Waals surface area contributed by atoms with Crippen LogP contribution in [0.2, 0.25) is 0 Å². The highest BCUT2D eigenvalue weighted by Gasteiger charge is 2.27. The standard InChI is InChI=1S/C18H23FN2O2S2/c1-14-8-10-21(11-9-14)16(17-6-4-12-24-17)13-20-25(22,23)18-7-3-2-5-15(18)19/h2-7,12,14,16,20H,8-11,13H2,1H3/t16-/m1/s1. The van der Waals surface area contributed by atoms with Crippen molar-refractivity contribution in [2.24, 2.45) is 5.92 Å². The summed E-state index contributed by atoms with van der Waals surface area (Å²) in [7, 11) is -3.87. The van der Waals surface area contributed by atoms with Crippen LogP contribution in [0.3, 0.4) is 0 Å². The SMILES string of the molecule is CC1CCN([C@H](CNS(=O)(=O)c2ccccc2F)c2cccs2)CC1. The molecule has 1 fully saturated rings. The van der Waals surface area contributed by atoms with Crippen LogP contribution in [-0.2, 0) is 10.0 Å². The summed E-state index contributed by atoms with van der Waals surface area (Å²) < 4.78 is 41.5. The summed E-state index contributed by atoms with van der Waals surface area (Å²) in [4.78, 5) is 3.16. The molecule has 0 unspecified atom stereocenters. The molecule has 1 aromatic heterocycles. The van der Waals surface area contributed by atoms with Crippen molar-refractivity contribution >= 4 is 21.4 Å². The molecule has 1 atom stereocenters. The van der Waals surface area contributed by atoms with E-state index in [2.05, 4.69) is 16.5 Å². The molecule has 136 valence electrons. The number of nitrogens with one attached hydrogen (secondary N) is 1. The van der Waals surface area contributed by atoms with Gasteiger partial charge in [0.1, 0.15) is 10.7 Å². The van der Waals surface area contributed by atoms with E-state index in [1.54, 1.807) is 11.3 Å². The van der Waals surface area contributed by atoms with Crippen LogP contribution >= 0.6 is 11.3 Å². The molecule has 0 bridgehead atoms. The zero-order valence-corrected chi connectivity index (χ0v) is 15.8. The molecule has 0 radical (unpaired) electrons. The van der Waals surface area contributed by atoms with E-state index in [9.17, 15) is 12.8 Å². The number of likely N-dealkylation sites (tertiary alicyclic amines) is 1. The predicted octanol–water partition coefficient (Wildman–Crippen LogP) is 3.64. The van der Waals surface area contributed by atoms with Crippen molar-refractivity contribution in [3.8, 4) is 0 Å². The van der Waals surface area contributed by atoms with Crippen LogP contribution in [0.4, 0.5) is 4.39 Å². The van der Waals surface area contributed by atoms with Crippen LogP contribution in [0.1, 0.15) is 30.7 Å². The second kappa shape index (κ2) is 7.95. The summed E-state index contributed by atoms with van der Waals surface area (Å²) in [6.45, 7) is 4.39. The number of thiophene rings is 1. The topological polar surface area (TPSA) is 49.4 Å². The van der Waals surface area contributed by atoms with E-state index in [4.69, 9.17) is 0 Å². The van der Waals surface area contributed by atoms with Crippen LogP contribution in [0.25, 0.3) is 0 Å². The molecule has 0 saturated carbocycles. The zero-order valence-electron chi connectivity index (χ0n) is 14.2. The fourth-order valence-corrected chi connectivity index (χ4v) is 5.14. The van der Waals surface area contributed by atoms with E-state index < -0.39 is 15.8 Å². The Morgan fingerprint density at radius 3 is 2.60 bits per heavy atom. The Morgan fingerprint density at radius 1 is 1.24 bits per heavy atom. The summed E-state index contributed by atoms with van der Waals surface area (Å²) in [5, 5.41) is 2.00. The lowest BCUT2D eigenvalue weighted by Gasteiger charge is -2.36. The minimum atomic E-state index is -3.87. The molecule has 0 spiro atoms. The quantitative estimate of drug-likeness (QED) is 0.830. The number of sulfonamides is 1. The number of rotatable bonds is 6. The Bertz CT molecular complexity index is 785. The average Bonchev–Trinajstić information content (AvgIpc) is 3.11. The van der Waals surface area contributed by atoms with Crippen molar-refractivity contribution in [3.05, 3.63) is 52.5 Å². The molecular weight excluding hydrogens is 359 g/mol. The van der Waals surface area contributed by atoms with E-state index in [1.807, 2.05) is 17.5 Å². The van der Waals surface area contributed by atoms with Crippen molar-refractivity contribution in [1.29, 1.82) is 0 Å². The zero-order chi connectivity index (χ0) is 17.9. The van der Waals surface area contributed by atoms with E-state index in [-0.39, 0.29) is 17.5 Å².